The molecule has 2 atom stereocenters. The lowest BCUT2D eigenvalue weighted by Crippen LogP contribution is -2.36. The third-order valence-electron chi connectivity index (χ3n) is 4.62. The summed E-state index contributed by atoms with van der Waals surface area (Å²) in [7, 11) is 3.16. The van der Waals surface area contributed by atoms with Gasteiger partial charge in [-0.05, 0) is 25.1 Å². The number of para-hydroxylation sites is 1. The van der Waals surface area contributed by atoms with Crippen LogP contribution in [-0.2, 0) is 4.79 Å². The number of methoxy groups -OCH3 is 2. The first-order chi connectivity index (χ1) is 13.1. The molecule has 0 spiro atoms. The molecule has 0 aromatic heterocycles. The summed E-state index contributed by atoms with van der Waals surface area (Å²) in [5, 5.41) is 6.46. The molecule has 1 heterocycles. The van der Waals surface area contributed by atoms with Gasteiger partial charge in [-0.1, -0.05) is 18.2 Å². The highest BCUT2D eigenvalue weighted by molar-refractivity contribution is 5.92. The zero-order chi connectivity index (χ0) is 19.2. The predicted octanol–water partition coefficient (Wildman–Crippen LogP) is 3.53. The van der Waals surface area contributed by atoms with Crippen LogP contribution in [0.3, 0.4) is 0 Å². The van der Waals surface area contributed by atoms with Gasteiger partial charge in [0.1, 0.15) is 17.2 Å². The molecule has 2 unspecified atom stereocenters. The Morgan fingerprint density at radius 1 is 1.22 bits per heavy atom. The smallest absolute Gasteiger partial charge is 0.226 e. The van der Waals surface area contributed by atoms with E-state index in [1.165, 1.54) is 0 Å². The zero-order valence-electron chi connectivity index (χ0n) is 16.0. The third-order valence-corrected chi connectivity index (χ3v) is 4.62. The lowest BCUT2D eigenvalue weighted by molar-refractivity contribution is -0.116. The minimum Gasteiger partial charge on any atom is -0.497 e. The average Bonchev–Trinajstić information content (AvgIpc) is 2.68. The summed E-state index contributed by atoms with van der Waals surface area (Å²) in [4.78, 5) is 12.5. The molecule has 0 aliphatic carbocycles. The van der Waals surface area contributed by atoms with Crippen LogP contribution in [0.5, 0.6) is 17.2 Å². The fraction of sp³-hybridized carbons (Fsp3) is 0.381. The quantitative estimate of drug-likeness (QED) is 0.780. The van der Waals surface area contributed by atoms with E-state index >= 15 is 0 Å². The molecule has 6 heteroatoms. The maximum absolute atomic E-state index is 12.5. The molecule has 0 bridgehead atoms. The van der Waals surface area contributed by atoms with Crippen molar-refractivity contribution < 1.29 is 19.0 Å². The molecule has 2 aromatic rings. The van der Waals surface area contributed by atoms with E-state index in [1.807, 2.05) is 25.1 Å². The third kappa shape index (κ3) is 4.71. The highest BCUT2D eigenvalue weighted by Gasteiger charge is 2.23. The molecule has 0 radical (unpaired) electrons. The first kappa shape index (κ1) is 19.0. The maximum Gasteiger partial charge on any atom is 0.226 e. The summed E-state index contributed by atoms with van der Waals surface area (Å²) in [6.45, 7) is 2.69. The number of carbonyl (C=O) groups excluding carboxylic acids is 1. The van der Waals surface area contributed by atoms with Crippen molar-refractivity contribution in [2.75, 3.05) is 26.1 Å². The number of benzene rings is 2. The summed E-state index contributed by atoms with van der Waals surface area (Å²) in [6.07, 6.45) is 1.23. The van der Waals surface area contributed by atoms with Crippen LogP contribution in [0.1, 0.15) is 31.4 Å². The molecular formula is C21H26N2O4. The van der Waals surface area contributed by atoms with E-state index in [9.17, 15) is 4.79 Å². The van der Waals surface area contributed by atoms with Crippen molar-refractivity contribution >= 4 is 11.6 Å². The number of fused-ring (bicyclic) bond motifs is 1. The van der Waals surface area contributed by atoms with E-state index in [0.717, 1.165) is 17.7 Å². The maximum atomic E-state index is 12.5. The molecule has 1 amide bonds. The van der Waals surface area contributed by atoms with Crippen LogP contribution >= 0.6 is 0 Å². The average molecular weight is 370 g/mol. The minimum atomic E-state index is -0.0816. The normalized spacial score (nSPS) is 16.6. The SMILES string of the molecule is COc1ccc(OC)c(NC(=O)CC(C)NC2CCOc3ccccc32)c1. The van der Waals surface area contributed by atoms with Gasteiger partial charge in [0.15, 0.2) is 0 Å². The van der Waals surface area contributed by atoms with Crippen molar-refractivity contribution in [3.8, 4) is 17.2 Å². The van der Waals surface area contributed by atoms with Crippen molar-refractivity contribution in [2.24, 2.45) is 0 Å². The highest BCUT2D eigenvalue weighted by atomic mass is 16.5. The monoisotopic (exact) mass is 370 g/mol. The van der Waals surface area contributed by atoms with Crippen LogP contribution in [0, 0.1) is 0 Å². The van der Waals surface area contributed by atoms with Gasteiger partial charge in [0.2, 0.25) is 5.91 Å². The lowest BCUT2D eigenvalue weighted by atomic mass is 9.99. The number of ether oxygens (including phenoxy) is 3. The minimum absolute atomic E-state index is 0.0118. The summed E-state index contributed by atoms with van der Waals surface area (Å²) >= 11 is 0. The van der Waals surface area contributed by atoms with Gasteiger partial charge < -0.3 is 24.8 Å². The Morgan fingerprint density at radius 3 is 2.81 bits per heavy atom. The number of nitrogens with one attached hydrogen (secondary N) is 2. The number of anilines is 1. The highest BCUT2D eigenvalue weighted by Crippen LogP contribution is 2.32. The summed E-state index contributed by atoms with van der Waals surface area (Å²) in [5.74, 6) is 2.10. The molecule has 144 valence electrons. The Balaban J connectivity index is 1.60. The van der Waals surface area contributed by atoms with Crippen LogP contribution < -0.4 is 24.8 Å². The van der Waals surface area contributed by atoms with Gasteiger partial charge in [0.05, 0.1) is 26.5 Å². The van der Waals surface area contributed by atoms with Crippen LogP contribution in [0.4, 0.5) is 5.69 Å². The van der Waals surface area contributed by atoms with Gasteiger partial charge in [-0.3, -0.25) is 4.79 Å². The van der Waals surface area contributed by atoms with Crippen LogP contribution in [0.2, 0.25) is 0 Å². The Kier molecular flexibility index (Phi) is 6.19. The fourth-order valence-electron chi connectivity index (χ4n) is 3.31. The number of rotatable bonds is 7. The second kappa shape index (κ2) is 8.77. The number of carbonyl (C=O) groups is 1. The van der Waals surface area contributed by atoms with Gasteiger partial charge in [-0.2, -0.15) is 0 Å². The van der Waals surface area contributed by atoms with Crippen LogP contribution in [0.25, 0.3) is 0 Å². The van der Waals surface area contributed by atoms with E-state index in [1.54, 1.807) is 32.4 Å². The van der Waals surface area contributed by atoms with E-state index in [-0.39, 0.29) is 18.0 Å². The van der Waals surface area contributed by atoms with E-state index in [4.69, 9.17) is 14.2 Å². The van der Waals surface area contributed by atoms with Crippen molar-refractivity contribution in [1.29, 1.82) is 0 Å². The van der Waals surface area contributed by atoms with Crippen LogP contribution in [-0.4, -0.2) is 32.8 Å². The zero-order valence-corrected chi connectivity index (χ0v) is 16.0. The Hall–Kier alpha value is -2.73. The Bertz CT molecular complexity index is 794. The molecule has 1 aliphatic heterocycles. The second-order valence-corrected chi connectivity index (χ2v) is 6.61. The molecule has 2 aromatic carbocycles. The molecule has 6 nitrogen and oxygen atoms in total. The summed E-state index contributed by atoms with van der Waals surface area (Å²) in [5.41, 5.74) is 1.75. The molecule has 0 fully saturated rings. The predicted molar refractivity (Wildman–Crippen MR) is 105 cm³/mol. The standard InChI is InChI=1S/C21H26N2O4/c1-14(22-17-10-11-27-19-7-5-4-6-16(17)19)12-21(24)23-18-13-15(25-2)8-9-20(18)26-3/h4-9,13-14,17,22H,10-12H2,1-3H3,(H,23,24). The number of amides is 1. The number of hydrogen-bond acceptors (Lipinski definition) is 5. The van der Waals surface area contributed by atoms with Gasteiger partial charge in [0.25, 0.3) is 0 Å². The topological polar surface area (TPSA) is 68.8 Å². The molecule has 2 N–H and O–H groups in total. The Labute approximate surface area is 159 Å². The Morgan fingerprint density at radius 2 is 2.04 bits per heavy atom. The lowest BCUT2D eigenvalue weighted by Gasteiger charge is -2.29. The van der Waals surface area contributed by atoms with Crippen molar-refractivity contribution in [3.05, 3.63) is 48.0 Å². The molecule has 0 saturated carbocycles. The second-order valence-electron chi connectivity index (χ2n) is 6.61. The van der Waals surface area contributed by atoms with E-state index in [2.05, 4.69) is 16.7 Å². The fourth-order valence-corrected chi connectivity index (χ4v) is 3.31. The first-order valence-electron chi connectivity index (χ1n) is 9.10. The van der Waals surface area contributed by atoms with Crippen molar-refractivity contribution in [2.45, 2.75) is 31.8 Å². The van der Waals surface area contributed by atoms with Gasteiger partial charge in [0, 0.05) is 36.6 Å². The van der Waals surface area contributed by atoms with Crippen LogP contribution in [0.15, 0.2) is 42.5 Å². The summed E-state index contributed by atoms with van der Waals surface area (Å²) in [6, 6.07) is 13.5. The largest absolute Gasteiger partial charge is 0.497 e. The van der Waals surface area contributed by atoms with Crippen molar-refractivity contribution in [1.82, 2.24) is 5.32 Å². The summed E-state index contributed by atoms with van der Waals surface area (Å²) < 4.78 is 16.2. The first-order valence-corrected chi connectivity index (χ1v) is 9.10. The van der Waals surface area contributed by atoms with E-state index in [0.29, 0.717) is 30.2 Å². The molecule has 1 aliphatic rings. The molecule has 27 heavy (non-hydrogen) atoms. The van der Waals surface area contributed by atoms with Gasteiger partial charge in [-0.15, -0.1) is 0 Å². The molecular weight excluding hydrogens is 344 g/mol. The van der Waals surface area contributed by atoms with Gasteiger partial charge in [-0.25, -0.2) is 0 Å². The van der Waals surface area contributed by atoms with E-state index < -0.39 is 0 Å². The molecule has 3 rings (SSSR count). The van der Waals surface area contributed by atoms with Crippen molar-refractivity contribution in [3.63, 3.8) is 0 Å². The number of hydrogen-bond donors (Lipinski definition) is 2. The molecule has 0 saturated heterocycles. The van der Waals surface area contributed by atoms with Gasteiger partial charge >= 0.3 is 0 Å².